The first-order chi connectivity index (χ1) is 8.97. The Morgan fingerprint density at radius 2 is 2.26 bits per heavy atom. The van der Waals surface area contributed by atoms with Gasteiger partial charge in [0.2, 0.25) is 5.91 Å². The molecule has 2 unspecified atom stereocenters. The van der Waals surface area contributed by atoms with E-state index < -0.39 is 0 Å². The van der Waals surface area contributed by atoms with Crippen LogP contribution in [-0.2, 0) is 4.79 Å². The zero-order chi connectivity index (χ0) is 14.0. The summed E-state index contributed by atoms with van der Waals surface area (Å²) in [6, 6.07) is 3.74. The molecule has 104 valence electrons. The summed E-state index contributed by atoms with van der Waals surface area (Å²) in [6.45, 7) is 6.87. The fourth-order valence-electron chi connectivity index (χ4n) is 2.31. The van der Waals surface area contributed by atoms with Crippen molar-refractivity contribution in [3.8, 4) is 0 Å². The largest absolute Gasteiger partial charge is 0.391 e. The highest BCUT2D eigenvalue weighted by atomic mass is 16.3. The van der Waals surface area contributed by atoms with Gasteiger partial charge in [-0.2, -0.15) is 0 Å². The first-order valence-electron chi connectivity index (χ1n) is 6.65. The Kier molecular flexibility index (Phi) is 4.04. The molecule has 0 spiro atoms. The summed E-state index contributed by atoms with van der Waals surface area (Å²) in [5.74, 6) is 0.948. The molecule has 1 aromatic rings. The maximum Gasteiger partial charge on any atom is 0.221 e. The number of rotatable bonds is 2. The smallest absolute Gasteiger partial charge is 0.221 e. The molecule has 0 aliphatic carbocycles. The van der Waals surface area contributed by atoms with E-state index in [1.807, 2.05) is 24.0 Å². The van der Waals surface area contributed by atoms with E-state index in [-0.39, 0.29) is 12.0 Å². The second kappa shape index (κ2) is 5.57. The monoisotopic (exact) mass is 263 g/mol. The second-order valence-electron chi connectivity index (χ2n) is 5.28. The van der Waals surface area contributed by atoms with E-state index in [1.165, 1.54) is 6.92 Å². The average Bonchev–Trinajstić information content (AvgIpc) is 2.34. The Bertz CT molecular complexity index is 476. The van der Waals surface area contributed by atoms with Gasteiger partial charge in [-0.05, 0) is 31.4 Å². The van der Waals surface area contributed by atoms with Gasteiger partial charge in [-0.1, -0.05) is 6.92 Å². The SMILES string of the molecule is CC(=O)Nc1ccc(C)nc1N1CCC(C)C(O)C1. The first kappa shape index (κ1) is 13.8. The number of aryl methyl sites for hydroxylation is 1. The van der Waals surface area contributed by atoms with Crippen LogP contribution in [0.15, 0.2) is 12.1 Å². The van der Waals surface area contributed by atoms with Crippen molar-refractivity contribution >= 4 is 17.4 Å². The normalized spacial score (nSPS) is 23.3. The Balaban J connectivity index is 2.27. The highest BCUT2D eigenvalue weighted by Crippen LogP contribution is 2.28. The molecule has 0 saturated carbocycles. The van der Waals surface area contributed by atoms with Crippen LogP contribution in [0.1, 0.15) is 26.0 Å². The molecule has 1 aliphatic rings. The van der Waals surface area contributed by atoms with Crippen molar-refractivity contribution in [1.29, 1.82) is 0 Å². The van der Waals surface area contributed by atoms with Gasteiger partial charge in [-0.25, -0.2) is 4.98 Å². The van der Waals surface area contributed by atoms with Crippen LogP contribution < -0.4 is 10.2 Å². The molecular formula is C14H21N3O2. The molecule has 2 rings (SSSR count). The second-order valence-corrected chi connectivity index (χ2v) is 5.28. The number of hydrogen-bond donors (Lipinski definition) is 2. The number of nitrogens with one attached hydrogen (secondary N) is 1. The third-order valence-electron chi connectivity index (χ3n) is 3.54. The molecule has 2 N–H and O–H groups in total. The third kappa shape index (κ3) is 3.23. The highest BCUT2D eigenvalue weighted by molar-refractivity contribution is 5.92. The predicted octanol–water partition coefficient (Wildman–Crippen LogP) is 1.56. The van der Waals surface area contributed by atoms with E-state index in [2.05, 4.69) is 17.2 Å². The van der Waals surface area contributed by atoms with E-state index in [4.69, 9.17) is 0 Å². The average molecular weight is 263 g/mol. The number of carbonyl (C=O) groups is 1. The minimum atomic E-state index is -0.346. The van der Waals surface area contributed by atoms with Gasteiger partial charge in [-0.15, -0.1) is 0 Å². The van der Waals surface area contributed by atoms with E-state index in [1.54, 1.807) is 0 Å². The van der Waals surface area contributed by atoms with Crippen LogP contribution in [0.3, 0.4) is 0 Å². The summed E-state index contributed by atoms with van der Waals surface area (Å²) < 4.78 is 0. The molecule has 2 heterocycles. The number of anilines is 2. The summed E-state index contributed by atoms with van der Waals surface area (Å²) >= 11 is 0. The summed E-state index contributed by atoms with van der Waals surface area (Å²) in [7, 11) is 0. The van der Waals surface area contributed by atoms with Crippen LogP contribution in [0.5, 0.6) is 0 Å². The highest BCUT2D eigenvalue weighted by Gasteiger charge is 2.26. The zero-order valence-electron chi connectivity index (χ0n) is 11.7. The van der Waals surface area contributed by atoms with Gasteiger partial charge in [0.1, 0.15) is 0 Å². The van der Waals surface area contributed by atoms with Gasteiger partial charge in [0.15, 0.2) is 5.82 Å². The molecule has 1 aromatic heterocycles. The van der Waals surface area contributed by atoms with Gasteiger partial charge in [-0.3, -0.25) is 4.79 Å². The topological polar surface area (TPSA) is 65.5 Å². The molecule has 2 atom stereocenters. The maximum absolute atomic E-state index is 11.2. The summed E-state index contributed by atoms with van der Waals surface area (Å²) in [6.07, 6.45) is 0.581. The molecular weight excluding hydrogens is 242 g/mol. The number of aliphatic hydroxyl groups is 1. The Morgan fingerprint density at radius 1 is 1.53 bits per heavy atom. The van der Waals surface area contributed by atoms with Crippen molar-refractivity contribution in [2.45, 2.75) is 33.3 Å². The molecule has 1 aliphatic heterocycles. The summed E-state index contributed by atoms with van der Waals surface area (Å²) in [5.41, 5.74) is 1.61. The standard InChI is InChI=1S/C14H21N3O2/c1-9-6-7-17(8-13(9)19)14-12(16-11(3)18)5-4-10(2)15-14/h4-5,9,13,19H,6-8H2,1-3H3,(H,16,18). The molecule has 19 heavy (non-hydrogen) atoms. The number of aromatic nitrogens is 1. The van der Waals surface area contributed by atoms with Gasteiger partial charge < -0.3 is 15.3 Å². The number of aliphatic hydroxyl groups excluding tert-OH is 1. The molecule has 1 saturated heterocycles. The van der Waals surface area contributed by atoms with E-state index in [0.29, 0.717) is 18.2 Å². The van der Waals surface area contributed by atoms with E-state index in [0.717, 1.165) is 24.5 Å². The van der Waals surface area contributed by atoms with Gasteiger partial charge in [0.05, 0.1) is 11.8 Å². The van der Waals surface area contributed by atoms with E-state index >= 15 is 0 Å². The molecule has 1 fully saturated rings. The predicted molar refractivity (Wildman–Crippen MR) is 75.3 cm³/mol. The lowest BCUT2D eigenvalue weighted by atomic mass is 9.96. The molecule has 5 nitrogen and oxygen atoms in total. The van der Waals surface area contributed by atoms with Crippen LogP contribution in [0.25, 0.3) is 0 Å². The van der Waals surface area contributed by atoms with E-state index in [9.17, 15) is 9.90 Å². The van der Waals surface area contributed by atoms with Crippen molar-refractivity contribution in [2.75, 3.05) is 23.3 Å². The molecule has 1 amide bonds. The van der Waals surface area contributed by atoms with Gasteiger partial charge in [0.25, 0.3) is 0 Å². The third-order valence-corrected chi connectivity index (χ3v) is 3.54. The maximum atomic E-state index is 11.2. The summed E-state index contributed by atoms with van der Waals surface area (Å²) in [5, 5.41) is 12.8. The fourth-order valence-corrected chi connectivity index (χ4v) is 2.31. The van der Waals surface area contributed by atoms with Crippen LogP contribution in [-0.4, -0.2) is 35.2 Å². The molecule has 0 aromatic carbocycles. The minimum Gasteiger partial charge on any atom is -0.391 e. The summed E-state index contributed by atoms with van der Waals surface area (Å²) in [4.78, 5) is 17.8. The molecule has 0 radical (unpaired) electrons. The Morgan fingerprint density at radius 3 is 2.89 bits per heavy atom. The van der Waals surface area contributed by atoms with Gasteiger partial charge >= 0.3 is 0 Å². The Labute approximate surface area is 113 Å². The van der Waals surface area contributed by atoms with Crippen molar-refractivity contribution < 1.29 is 9.90 Å². The quantitative estimate of drug-likeness (QED) is 0.849. The lowest BCUT2D eigenvalue weighted by molar-refractivity contribution is -0.114. The van der Waals surface area contributed by atoms with Crippen molar-refractivity contribution in [3.05, 3.63) is 17.8 Å². The number of pyridine rings is 1. The number of amides is 1. The van der Waals surface area contributed by atoms with Gasteiger partial charge in [0, 0.05) is 25.7 Å². The number of β-amino-alcohol motifs (C(OH)–C–C–N with tert-alkyl or cyclic N) is 1. The lowest BCUT2D eigenvalue weighted by Crippen LogP contribution is -2.43. The lowest BCUT2D eigenvalue weighted by Gasteiger charge is -2.36. The first-order valence-corrected chi connectivity index (χ1v) is 6.65. The molecule has 5 heteroatoms. The van der Waals surface area contributed by atoms with Crippen molar-refractivity contribution in [2.24, 2.45) is 5.92 Å². The van der Waals surface area contributed by atoms with Crippen LogP contribution in [0, 0.1) is 12.8 Å². The number of hydrogen-bond acceptors (Lipinski definition) is 4. The fraction of sp³-hybridized carbons (Fsp3) is 0.571. The number of piperidine rings is 1. The Hall–Kier alpha value is -1.62. The van der Waals surface area contributed by atoms with Crippen LogP contribution in [0.4, 0.5) is 11.5 Å². The van der Waals surface area contributed by atoms with Crippen LogP contribution >= 0.6 is 0 Å². The zero-order valence-corrected chi connectivity index (χ0v) is 11.7. The molecule has 0 bridgehead atoms. The number of nitrogens with zero attached hydrogens (tertiary/aromatic N) is 2. The van der Waals surface area contributed by atoms with Crippen molar-refractivity contribution in [3.63, 3.8) is 0 Å². The number of carbonyl (C=O) groups excluding carboxylic acids is 1. The van der Waals surface area contributed by atoms with Crippen LogP contribution in [0.2, 0.25) is 0 Å². The minimum absolute atomic E-state index is 0.113. The van der Waals surface area contributed by atoms with Crippen molar-refractivity contribution in [1.82, 2.24) is 4.98 Å².